The number of benzene rings is 1. The van der Waals surface area contributed by atoms with Gasteiger partial charge in [0.1, 0.15) is 18.5 Å². The Bertz CT molecular complexity index is 989. The zero-order chi connectivity index (χ0) is 21.1. The number of pyridine rings is 1. The van der Waals surface area contributed by atoms with E-state index in [1.165, 1.54) is 6.07 Å². The van der Waals surface area contributed by atoms with E-state index in [0.29, 0.717) is 25.1 Å². The van der Waals surface area contributed by atoms with Crippen molar-refractivity contribution in [3.8, 4) is 0 Å². The summed E-state index contributed by atoms with van der Waals surface area (Å²) in [7, 11) is 0. The number of hydrogen-bond acceptors (Lipinski definition) is 6. The fraction of sp³-hybridized carbons (Fsp3) is 0.400. The first-order valence-electron chi connectivity index (χ1n) is 9.34. The maximum absolute atomic E-state index is 14.4. The number of aliphatic hydroxyl groups excluding tert-OH is 2. The van der Waals surface area contributed by atoms with Gasteiger partial charge in [-0.05, 0) is 44.4 Å². The molecular weight excluding hydrogens is 381 g/mol. The molecule has 2 heterocycles. The Balaban J connectivity index is 2.01. The summed E-state index contributed by atoms with van der Waals surface area (Å²) in [6, 6.07) is 4.63. The number of carbonyl (C=O) groups excluding carboxylic acids is 1. The number of halogens is 1. The highest BCUT2D eigenvalue weighted by Gasteiger charge is 2.27. The molecule has 9 heteroatoms. The monoisotopic (exact) mass is 405 g/mol. The van der Waals surface area contributed by atoms with Gasteiger partial charge in [-0.2, -0.15) is 0 Å². The highest BCUT2D eigenvalue weighted by Crippen LogP contribution is 2.30. The number of nitrogens with zero attached hydrogens (tertiary/aromatic N) is 1. The van der Waals surface area contributed by atoms with Crippen LogP contribution in [0.2, 0.25) is 0 Å². The second kappa shape index (κ2) is 8.73. The van der Waals surface area contributed by atoms with Gasteiger partial charge in [-0.25, -0.2) is 9.87 Å². The predicted octanol–water partition coefficient (Wildman–Crippen LogP) is 1.31. The molecule has 1 aromatic carbocycles. The zero-order valence-corrected chi connectivity index (χ0v) is 16.3. The molecule has 1 atom stereocenters. The van der Waals surface area contributed by atoms with Gasteiger partial charge < -0.3 is 20.1 Å². The van der Waals surface area contributed by atoms with Crippen molar-refractivity contribution >= 4 is 17.3 Å². The maximum atomic E-state index is 14.4. The van der Waals surface area contributed by atoms with E-state index in [2.05, 4.69) is 10.8 Å². The highest BCUT2D eigenvalue weighted by atomic mass is 19.1. The Kier molecular flexibility index (Phi) is 6.31. The largest absolute Gasteiger partial charge is 0.394 e. The molecule has 0 bridgehead atoms. The predicted molar refractivity (Wildman–Crippen MR) is 105 cm³/mol. The van der Waals surface area contributed by atoms with Crippen LogP contribution in [0.15, 0.2) is 23.0 Å². The maximum Gasteiger partial charge on any atom is 0.278 e. The fourth-order valence-electron chi connectivity index (χ4n) is 3.36. The summed E-state index contributed by atoms with van der Waals surface area (Å²) < 4.78 is 15.9. The lowest BCUT2D eigenvalue weighted by atomic mass is 10.0. The van der Waals surface area contributed by atoms with E-state index in [-0.39, 0.29) is 34.7 Å². The number of hydrogen-bond donors (Lipinski definition) is 4. The summed E-state index contributed by atoms with van der Waals surface area (Å²) in [4.78, 5) is 30.6. The molecule has 1 aliphatic rings. The Morgan fingerprint density at radius 1 is 1.38 bits per heavy atom. The van der Waals surface area contributed by atoms with E-state index in [9.17, 15) is 19.1 Å². The summed E-state index contributed by atoms with van der Waals surface area (Å²) >= 11 is 0. The molecule has 2 aromatic rings. The zero-order valence-electron chi connectivity index (χ0n) is 16.3. The Hall–Kier alpha value is -2.75. The summed E-state index contributed by atoms with van der Waals surface area (Å²) in [5.41, 5.74) is 4.12. The average Bonchev–Trinajstić information content (AvgIpc) is 3.17. The van der Waals surface area contributed by atoms with Crippen molar-refractivity contribution in [1.29, 1.82) is 0 Å². The quantitative estimate of drug-likeness (QED) is 0.517. The van der Waals surface area contributed by atoms with Crippen LogP contribution in [-0.2, 0) is 17.8 Å². The highest BCUT2D eigenvalue weighted by molar-refractivity contribution is 6.01. The summed E-state index contributed by atoms with van der Waals surface area (Å²) in [5.74, 6) is -1.13. The Labute approximate surface area is 166 Å². The summed E-state index contributed by atoms with van der Waals surface area (Å²) in [5, 5.41) is 21.1. The molecule has 0 saturated heterocycles. The normalized spacial score (nSPS) is 13.8. The third-order valence-electron chi connectivity index (χ3n) is 4.86. The van der Waals surface area contributed by atoms with E-state index in [1.54, 1.807) is 30.5 Å². The number of amides is 1. The van der Waals surface area contributed by atoms with Crippen molar-refractivity contribution in [2.45, 2.75) is 39.3 Å². The molecule has 1 aromatic heterocycles. The molecule has 0 aliphatic carbocycles. The van der Waals surface area contributed by atoms with Gasteiger partial charge in [-0.15, -0.1) is 0 Å². The molecule has 0 fully saturated rings. The average molecular weight is 405 g/mol. The minimum absolute atomic E-state index is 0.145. The molecule has 8 nitrogen and oxygen atoms in total. The smallest absolute Gasteiger partial charge is 0.278 e. The second-order valence-corrected chi connectivity index (χ2v) is 7.07. The number of aliphatic hydroxyl groups is 2. The second-order valence-electron chi connectivity index (χ2n) is 7.07. The molecule has 0 saturated carbocycles. The van der Waals surface area contributed by atoms with Gasteiger partial charge in [-0.1, -0.05) is 6.07 Å². The van der Waals surface area contributed by atoms with Crippen LogP contribution in [0.3, 0.4) is 0 Å². The van der Waals surface area contributed by atoms with Crippen LogP contribution >= 0.6 is 0 Å². The number of nitrogens with one attached hydrogen (secondary N) is 2. The molecule has 0 spiro atoms. The van der Waals surface area contributed by atoms with Gasteiger partial charge in [0, 0.05) is 17.8 Å². The first-order chi connectivity index (χ1) is 13.8. The van der Waals surface area contributed by atoms with Crippen molar-refractivity contribution in [3.05, 3.63) is 56.8 Å². The van der Waals surface area contributed by atoms with Crippen molar-refractivity contribution in [3.63, 3.8) is 0 Å². The van der Waals surface area contributed by atoms with Crippen LogP contribution in [0.4, 0.5) is 15.8 Å². The standard InChI is InChI=1S/C20H24FN3O5/c1-11-5-6-15(14(21)8-11)22-18-12(2)20(28)24-7-3-4-16(24)17(18)19(27)23-29-10-13(26)9-25/h5-6,8,13,22,25-26H,3-4,7,9-10H2,1-2H3,(H,23,27). The molecule has 3 rings (SSSR count). The number of rotatable bonds is 7. The third kappa shape index (κ3) is 4.31. The first kappa shape index (κ1) is 21.0. The van der Waals surface area contributed by atoms with Gasteiger partial charge in [0.2, 0.25) is 0 Å². The van der Waals surface area contributed by atoms with Crippen molar-refractivity contribution in [1.82, 2.24) is 10.0 Å². The number of aryl methyl sites for hydroxylation is 1. The van der Waals surface area contributed by atoms with Crippen LogP contribution < -0.4 is 16.4 Å². The van der Waals surface area contributed by atoms with Crippen LogP contribution in [0, 0.1) is 19.7 Å². The lowest BCUT2D eigenvalue weighted by Gasteiger charge is -2.19. The van der Waals surface area contributed by atoms with Crippen LogP contribution in [0.1, 0.15) is 33.6 Å². The third-order valence-corrected chi connectivity index (χ3v) is 4.86. The molecule has 4 N–H and O–H groups in total. The lowest BCUT2D eigenvalue weighted by Crippen LogP contribution is -2.33. The van der Waals surface area contributed by atoms with Crippen molar-refractivity contribution < 1.29 is 24.2 Å². The minimum atomic E-state index is -1.14. The summed E-state index contributed by atoms with van der Waals surface area (Å²) in [6.07, 6.45) is 0.0877. The molecule has 156 valence electrons. The van der Waals surface area contributed by atoms with Gasteiger partial charge in [0.25, 0.3) is 11.5 Å². The van der Waals surface area contributed by atoms with Gasteiger partial charge in [0.05, 0.1) is 23.5 Å². The molecular formula is C20H24FN3O5. The number of carbonyl (C=O) groups is 1. The van der Waals surface area contributed by atoms with E-state index < -0.39 is 24.4 Å². The molecule has 1 amide bonds. The minimum Gasteiger partial charge on any atom is -0.394 e. The molecule has 0 radical (unpaired) electrons. The molecule has 1 aliphatic heterocycles. The Morgan fingerprint density at radius 2 is 2.14 bits per heavy atom. The Morgan fingerprint density at radius 3 is 2.83 bits per heavy atom. The number of hydroxylamine groups is 1. The number of fused-ring (bicyclic) bond motifs is 1. The van der Waals surface area contributed by atoms with Gasteiger partial charge in [-0.3, -0.25) is 14.4 Å². The van der Waals surface area contributed by atoms with Gasteiger partial charge in [0.15, 0.2) is 0 Å². The van der Waals surface area contributed by atoms with Gasteiger partial charge >= 0.3 is 0 Å². The van der Waals surface area contributed by atoms with E-state index in [4.69, 9.17) is 9.94 Å². The molecule has 29 heavy (non-hydrogen) atoms. The van der Waals surface area contributed by atoms with E-state index in [1.807, 2.05) is 0 Å². The number of aromatic nitrogens is 1. The van der Waals surface area contributed by atoms with Crippen molar-refractivity contribution in [2.24, 2.45) is 0 Å². The van der Waals surface area contributed by atoms with Crippen LogP contribution in [-0.4, -0.2) is 40.0 Å². The van der Waals surface area contributed by atoms with Crippen LogP contribution in [0.25, 0.3) is 0 Å². The SMILES string of the molecule is Cc1ccc(Nc2c(C(=O)NOCC(O)CO)c3n(c(=O)c2C)CCC3)c(F)c1. The molecule has 1 unspecified atom stereocenters. The first-order valence-corrected chi connectivity index (χ1v) is 9.34. The fourth-order valence-corrected chi connectivity index (χ4v) is 3.36. The van der Waals surface area contributed by atoms with E-state index in [0.717, 1.165) is 5.56 Å². The topological polar surface area (TPSA) is 113 Å². The lowest BCUT2D eigenvalue weighted by molar-refractivity contribution is -0.0295. The number of anilines is 2. The van der Waals surface area contributed by atoms with Crippen molar-refractivity contribution in [2.75, 3.05) is 18.5 Å². The summed E-state index contributed by atoms with van der Waals surface area (Å²) in [6.45, 7) is 3.03. The van der Waals surface area contributed by atoms with Crippen LogP contribution in [0.5, 0.6) is 0 Å². The van der Waals surface area contributed by atoms with E-state index >= 15 is 0 Å².